The maximum Gasteiger partial charge on any atom is 0.261 e. The Kier molecular flexibility index (Phi) is 7.18. The molecule has 188 valence electrons. The van der Waals surface area contributed by atoms with Gasteiger partial charge in [-0.05, 0) is 29.7 Å². The quantitative estimate of drug-likeness (QED) is 0.463. The van der Waals surface area contributed by atoms with E-state index < -0.39 is 6.10 Å². The summed E-state index contributed by atoms with van der Waals surface area (Å²) in [7, 11) is 1.61. The molecule has 2 aliphatic heterocycles. The van der Waals surface area contributed by atoms with Gasteiger partial charge in [-0.2, -0.15) is 0 Å². The number of ether oxygens (including phenoxy) is 2. The van der Waals surface area contributed by atoms with Gasteiger partial charge in [0, 0.05) is 68.4 Å². The molecule has 1 N–H and O–H groups in total. The fourth-order valence-corrected chi connectivity index (χ4v) is 4.95. The number of amides is 2. The number of methoxy groups -OCH3 is 1. The topological polar surface area (TPSA) is 82.6 Å². The van der Waals surface area contributed by atoms with E-state index in [2.05, 4.69) is 9.80 Å². The molecule has 3 aromatic carbocycles. The van der Waals surface area contributed by atoms with Gasteiger partial charge < -0.3 is 14.6 Å². The third kappa shape index (κ3) is 5.06. The van der Waals surface area contributed by atoms with Crippen molar-refractivity contribution in [3.8, 4) is 11.5 Å². The van der Waals surface area contributed by atoms with Crippen molar-refractivity contribution in [2.24, 2.45) is 0 Å². The second kappa shape index (κ2) is 10.7. The molecule has 2 heterocycles. The van der Waals surface area contributed by atoms with E-state index >= 15 is 0 Å². The smallest absolute Gasteiger partial charge is 0.261 e. The molecular formula is C28H31N3O5. The maximum atomic E-state index is 13.1. The number of imide groups is 1. The van der Waals surface area contributed by atoms with Gasteiger partial charge in [-0.3, -0.25) is 24.3 Å². The van der Waals surface area contributed by atoms with Crippen molar-refractivity contribution in [2.45, 2.75) is 6.10 Å². The molecule has 5 rings (SSSR count). The number of β-amino-alcohol motifs (C(OH)–C–C–N with tert-alkyl or cyclic N) is 1. The first kappa shape index (κ1) is 24.2. The zero-order valence-electron chi connectivity index (χ0n) is 20.4. The lowest BCUT2D eigenvalue weighted by Crippen LogP contribution is -2.51. The number of aliphatic hydroxyl groups is 1. The van der Waals surface area contributed by atoms with Gasteiger partial charge in [-0.15, -0.1) is 0 Å². The molecule has 1 atom stereocenters. The molecule has 0 unspecified atom stereocenters. The number of nitrogens with zero attached hydrogens (tertiary/aromatic N) is 3. The van der Waals surface area contributed by atoms with Crippen LogP contribution < -0.4 is 9.47 Å². The molecule has 0 aliphatic carbocycles. The number of piperazine rings is 1. The molecule has 0 aromatic heterocycles. The molecular weight excluding hydrogens is 458 g/mol. The SMILES string of the molecule is COc1cccc(OC[C@@H](O)CN2CCN(CCN3C(=O)c4cccc5cccc(c45)C3=O)CC2)c1. The van der Waals surface area contributed by atoms with Gasteiger partial charge in [0.15, 0.2) is 0 Å². The third-order valence-corrected chi connectivity index (χ3v) is 6.91. The van der Waals surface area contributed by atoms with Crippen molar-refractivity contribution >= 4 is 22.6 Å². The zero-order valence-corrected chi connectivity index (χ0v) is 20.4. The predicted octanol–water partition coefficient (Wildman–Crippen LogP) is 2.50. The predicted molar refractivity (Wildman–Crippen MR) is 137 cm³/mol. The summed E-state index contributed by atoms with van der Waals surface area (Å²) in [6.45, 7) is 4.96. The van der Waals surface area contributed by atoms with E-state index in [1.165, 1.54) is 4.90 Å². The van der Waals surface area contributed by atoms with E-state index in [1.54, 1.807) is 25.3 Å². The Balaban J connectivity index is 1.09. The lowest BCUT2D eigenvalue weighted by atomic mass is 9.94. The number of carbonyl (C=O) groups excluding carboxylic acids is 2. The number of rotatable bonds is 9. The van der Waals surface area contributed by atoms with Gasteiger partial charge in [0.25, 0.3) is 11.8 Å². The number of aliphatic hydroxyl groups excluding tert-OH is 1. The van der Waals surface area contributed by atoms with Crippen LogP contribution in [-0.4, -0.2) is 97.3 Å². The van der Waals surface area contributed by atoms with Crippen LogP contribution in [0.3, 0.4) is 0 Å². The highest BCUT2D eigenvalue weighted by Gasteiger charge is 2.33. The number of benzene rings is 3. The molecule has 0 radical (unpaired) electrons. The number of hydrogen-bond acceptors (Lipinski definition) is 7. The van der Waals surface area contributed by atoms with Crippen LogP contribution in [0.2, 0.25) is 0 Å². The molecule has 2 aliphatic rings. The molecule has 0 saturated carbocycles. The van der Waals surface area contributed by atoms with Crippen LogP contribution in [0.4, 0.5) is 0 Å². The Morgan fingerprint density at radius 1 is 0.833 bits per heavy atom. The zero-order chi connectivity index (χ0) is 25.1. The molecule has 8 heteroatoms. The van der Waals surface area contributed by atoms with Crippen molar-refractivity contribution in [1.29, 1.82) is 0 Å². The van der Waals surface area contributed by atoms with Crippen LogP contribution in [0.5, 0.6) is 11.5 Å². The van der Waals surface area contributed by atoms with E-state index in [9.17, 15) is 14.7 Å². The van der Waals surface area contributed by atoms with Gasteiger partial charge in [0.2, 0.25) is 0 Å². The summed E-state index contributed by atoms with van der Waals surface area (Å²) in [4.78, 5) is 32.0. The first-order valence-corrected chi connectivity index (χ1v) is 12.3. The summed E-state index contributed by atoms with van der Waals surface area (Å²) in [6, 6.07) is 18.5. The van der Waals surface area contributed by atoms with Crippen molar-refractivity contribution in [3.05, 3.63) is 71.8 Å². The van der Waals surface area contributed by atoms with E-state index in [4.69, 9.17) is 9.47 Å². The molecule has 0 spiro atoms. The number of carbonyl (C=O) groups is 2. The van der Waals surface area contributed by atoms with Crippen LogP contribution in [0.25, 0.3) is 10.8 Å². The fraction of sp³-hybridized carbons (Fsp3) is 0.357. The lowest BCUT2D eigenvalue weighted by Gasteiger charge is -2.36. The molecule has 8 nitrogen and oxygen atoms in total. The van der Waals surface area contributed by atoms with E-state index in [0.717, 1.165) is 37.0 Å². The minimum atomic E-state index is -0.603. The van der Waals surface area contributed by atoms with Crippen LogP contribution in [0.1, 0.15) is 20.7 Å². The Labute approximate surface area is 210 Å². The summed E-state index contributed by atoms with van der Waals surface area (Å²) in [5, 5.41) is 12.1. The Bertz CT molecular complexity index is 1200. The molecule has 1 saturated heterocycles. The Hall–Kier alpha value is -3.46. The monoisotopic (exact) mass is 489 g/mol. The van der Waals surface area contributed by atoms with Crippen LogP contribution in [0, 0.1) is 0 Å². The highest BCUT2D eigenvalue weighted by atomic mass is 16.5. The summed E-state index contributed by atoms with van der Waals surface area (Å²) in [6.07, 6.45) is -0.603. The molecule has 2 amide bonds. The molecule has 36 heavy (non-hydrogen) atoms. The molecule has 0 bridgehead atoms. The first-order chi connectivity index (χ1) is 17.5. The number of hydrogen-bond donors (Lipinski definition) is 1. The van der Waals surface area contributed by atoms with E-state index in [0.29, 0.717) is 42.3 Å². The highest BCUT2D eigenvalue weighted by molar-refractivity contribution is 6.25. The van der Waals surface area contributed by atoms with Gasteiger partial charge in [-0.1, -0.05) is 30.3 Å². The largest absolute Gasteiger partial charge is 0.497 e. The lowest BCUT2D eigenvalue weighted by molar-refractivity contribution is 0.0416. The van der Waals surface area contributed by atoms with Crippen molar-refractivity contribution in [3.63, 3.8) is 0 Å². The Morgan fingerprint density at radius 3 is 2.11 bits per heavy atom. The standard InChI is InChI=1S/C28H31N3O5/c1-35-22-7-4-8-23(17-22)36-19-21(32)18-30-13-11-29(12-14-30)15-16-31-27(33)24-9-2-5-20-6-3-10-25(26(20)24)28(31)34/h2-10,17,21,32H,11-16,18-19H2,1H3/t21-/m0/s1. The van der Waals surface area contributed by atoms with Crippen LogP contribution >= 0.6 is 0 Å². The fourth-order valence-electron chi connectivity index (χ4n) is 4.95. The summed E-state index contributed by atoms with van der Waals surface area (Å²) >= 11 is 0. The van der Waals surface area contributed by atoms with Crippen LogP contribution in [-0.2, 0) is 0 Å². The van der Waals surface area contributed by atoms with Gasteiger partial charge in [-0.25, -0.2) is 0 Å². The van der Waals surface area contributed by atoms with Crippen molar-refractivity contribution in [1.82, 2.24) is 14.7 Å². The summed E-state index contributed by atoms with van der Waals surface area (Å²) < 4.78 is 10.9. The van der Waals surface area contributed by atoms with Gasteiger partial charge in [0.1, 0.15) is 24.2 Å². The highest BCUT2D eigenvalue weighted by Crippen LogP contribution is 2.29. The van der Waals surface area contributed by atoms with E-state index in [-0.39, 0.29) is 18.4 Å². The minimum Gasteiger partial charge on any atom is -0.497 e. The maximum absolute atomic E-state index is 13.1. The van der Waals surface area contributed by atoms with E-state index in [1.807, 2.05) is 42.5 Å². The second-order valence-electron chi connectivity index (χ2n) is 9.26. The van der Waals surface area contributed by atoms with Gasteiger partial charge in [0.05, 0.1) is 7.11 Å². The Morgan fingerprint density at radius 2 is 1.44 bits per heavy atom. The summed E-state index contributed by atoms with van der Waals surface area (Å²) in [5.74, 6) is 0.940. The molecule has 3 aromatic rings. The second-order valence-corrected chi connectivity index (χ2v) is 9.26. The van der Waals surface area contributed by atoms with Gasteiger partial charge >= 0.3 is 0 Å². The summed E-state index contributed by atoms with van der Waals surface area (Å²) in [5.41, 5.74) is 1.19. The van der Waals surface area contributed by atoms with Crippen LogP contribution in [0.15, 0.2) is 60.7 Å². The third-order valence-electron chi connectivity index (χ3n) is 6.91. The van der Waals surface area contributed by atoms with Crippen molar-refractivity contribution in [2.75, 3.05) is 59.5 Å². The average molecular weight is 490 g/mol. The average Bonchev–Trinajstić information content (AvgIpc) is 2.91. The molecule has 1 fully saturated rings. The first-order valence-electron chi connectivity index (χ1n) is 12.3. The van der Waals surface area contributed by atoms with Crippen molar-refractivity contribution < 1.29 is 24.2 Å². The normalized spacial score (nSPS) is 17.4. The minimum absolute atomic E-state index is 0.209.